The van der Waals surface area contributed by atoms with Gasteiger partial charge in [0.25, 0.3) is 5.91 Å². The molecule has 0 atom stereocenters. The number of carbonyl (C=O) groups is 1. The number of aryl methyl sites for hydroxylation is 1. The quantitative estimate of drug-likeness (QED) is 0.713. The molecule has 1 amide bonds. The fraction of sp³-hybridized carbons (Fsp3) is 0.714. The molecule has 1 aliphatic rings. The first-order valence-electron chi connectivity index (χ1n) is 6.71. The van der Waals surface area contributed by atoms with E-state index in [9.17, 15) is 4.79 Å². The molecule has 1 aliphatic heterocycles. The Balaban J connectivity index is 0.000000415. The molecule has 2 heterocycles. The minimum atomic E-state index is 0.0712. The molecule has 0 bridgehead atoms. The second kappa shape index (κ2) is 7.90. The molecular formula is C14H27N3O. The lowest BCUT2D eigenvalue weighted by atomic mass is 10.3. The zero-order valence-corrected chi connectivity index (χ0v) is 12.8. The van der Waals surface area contributed by atoms with E-state index in [2.05, 4.69) is 25.9 Å². The van der Waals surface area contributed by atoms with Gasteiger partial charge < -0.3 is 4.90 Å². The average molecular weight is 253 g/mol. The van der Waals surface area contributed by atoms with Crippen LogP contribution in [0.2, 0.25) is 0 Å². The standard InChI is InChI=1S/C8H11N3O.C4H10.C2H6/c1-6-5-7-8(12)10(2)3-4-11(7)9-6;1-4(2)3;1-2/h5H,3-4H2,1-2H3;4H,1-3H3;1-2H3. The van der Waals surface area contributed by atoms with Crippen molar-refractivity contribution in [2.75, 3.05) is 13.6 Å². The maximum Gasteiger partial charge on any atom is 0.271 e. The summed E-state index contributed by atoms with van der Waals surface area (Å²) in [4.78, 5) is 13.2. The van der Waals surface area contributed by atoms with Crippen LogP contribution in [-0.2, 0) is 6.54 Å². The van der Waals surface area contributed by atoms with E-state index in [1.54, 1.807) is 9.58 Å². The number of likely N-dealkylation sites (N-methyl/N-ethyl adjacent to an activating group) is 1. The molecule has 0 aromatic carbocycles. The van der Waals surface area contributed by atoms with Crippen LogP contribution in [0.15, 0.2) is 6.07 Å². The summed E-state index contributed by atoms with van der Waals surface area (Å²) < 4.78 is 1.78. The second-order valence-corrected chi connectivity index (χ2v) is 4.85. The van der Waals surface area contributed by atoms with Gasteiger partial charge >= 0.3 is 0 Å². The summed E-state index contributed by atoms with van der Waals surface area (Å²) in [5.74, 6) is 0.904. The number of rotatable bonds is 0. The predicted molar refractivity (Wildman–Crippen MR) is 75.8 cm³/mol. The molecule has 0 unspecified atom stereocenters. The number of carbonyl (C=O) groups excluding carboxylic acids is 1. The molecule has 0 spiro atoms. The smallest absolute Gasteiger partial charge is 0.271 e. The Hall–Kier alpha value is -1.32. The van der Waals surface area contributed by atoms with Crippen LogP contribution in [0.3, 0.4) is 0 Å². The number of aromatic nitrogens is 2. The van der Waals surface area contributed by atoms with E-state index >= 15 is 0 Å². The molecule has 0 radical (unpaired) electrons. The summed E-state index contributed by atoms with van der Waals surface area (Å²) in [7, 11) is 1.81. The lowest BCUT2D eigenvalue weighted by molar-refractivity contribution is 0.0743. The summed E-state index contributed by atoms with van der Waals surface area (Å²) in [5, 5.41) is 4.21. The van der Waals surface area contributed by atoms with Gasteiger partial charge in [0, 0.05) is 13.6 Å². The van der Waals surface area contributed by atoms with Gasteiger partial charge in [-0.1, -0.05) is 34.6 Å². The van der Waals surface area contributed by atoms with E-state index in [0.29, 0.717) is 5.69 Å². The van der Waals surface area contributed by atoms with Gasteiger partial charge in [-0.05, 0) is 18.9 Å². The zero-order valence-electron chi connectivity index (χ0n) is 12.8. The molecule has 0 fully saturated rings. The number of fused-ring (bicyclic) bond motifs is 1. The molecule has 4 heteroatoms. The molecule has 1 aromatic heterocycles. The summed E-state index contributed by atoms with van der Waals surface area (Å²) in [6.07, 6.45) is 0. The van der Waals surface area contributed by atoms with Gasteiger partial charge in [-0.3, -0.25) is 9.48 Å². The Labute approximate surface area is 111 Å². The van der Waals surface area contributed by atoms with Crippen LogP contribution in [0.25, 0.3) is 0 Å². The van der Waals surface area contributed by atoms with Crippen molar-refractivity contribution < 1.29 is 4.79 Å². The van der Waals surface area contributed by atoms with Crippen LogP contribution in [0.5, 0.6) is 0 Å². The first-order chi connectivity index (χ1) is 8.41. The maximum absolute atomic E-state index is 11.5. The van der Waals surface area contributed by atoms with Gasteiger partial charge in [-0.15, -0.1) is 0 Å². The number of hydrogen-bond acceptors (Lipinski definition) is 2. The highest BCUT2D eigenvalue weighted by Gasteiger charge is 2.22. The third-order valence-electron chi connectivity index (χ3n) is 2.12. The zero-order chi connectivity index (χ0) is 14.3. The molecule has 0 saturated heterocycles. The SMILES string of the molecule is CC.CC(C)C.Cc1cc2n(n1)CCN(C)C2=O. The lowest BCUT2D eigenvalue weighted by Crippen LogP contribution is -2.37. The van der Waals surface area contributed by atoms with E-state index in [1.807, 2.05) is 33.9 Å². The fourth-order valence-corrected chi connectivity index (χ4v) is 1.43. The van der Waals surface area contributed by atoms with Crippen molar-refractivity contribution in [3.8, 4) is 0 Å². The number of nitrogens with zero attached hydrogens (tertiary/aromatic N) is 3. The van der Waals surface area contributed by atoms with Crippen molar-refractivity contribution in [2.24, 2.45) is 5.92 Å². The van der Waals surface area contributed by atoms with Crippen molar-refractivity contribution in [3.05, 3.63) is 17.5 Å². The monoisotopic (exact) mass is 253 g/mol. The Kier molecular flexibility index (Phi) is 7.32. The summed E-state index contributed by atoms with van der Waals surface area (Å²) >= 11 is 0. The minimum Gasteiger partial charge on any atom is -0.339 e. The Bertz CT molecular complexity index is 366. The predicted octanol–water partition coefficient (Wildman–Crippen LogP) is 2.97. The van der Waals surface area contributed by atoms with E-state index in [0.717, 1.165) is 24.7 Å². The minimum absolute atomic E-state index is 0.0712. The highest BCUT2D eigenvalue weighted by Crippen LogP contribution is 2.11. The summed E-state index contributed by atoms with van der Waals surface area (Å²) in [6.45, 7) is 14.0. The van der Waals surface area contributed by atoms with Gasteiger partial charge in [0.1, 0.15) is 5.69 Å². The van der Waals surface area contributed by atoms with Crippen LogP contribution in [-0.4, -0.2) is 34.2 Å². The third kappa shape index (κ3) is 4.90. The van der Waals surface area contributed by atoms with Gasteiger partial charge in [0.2, 0.25) is 0 Å². The van der Waals surface area contributed by atoms with Crippen LogP contribution in [0.4, 0.5) is 0 Å². The van der Waals surface area contributed by atoms with E-state index in [-0.39, 0.29) is 5.91 Å². The molecule has 104 valence electrons. The highest BCUT2D eigenvalue weighted by molar-refractivity contribution is 5.93. The Morgan fingerprint density at radius 3 is 2.22 bits per heavy atom. The Morgan fingerprint density at radius 1 is 1.22 bits per heavy atom. The highest BCUT2D eigenvalue weighted by atomic mass is 16.2. The van der Waals surface area contributed by atoms with Gasteiger partial charge in [-0.25, -0.2) is 0 Å². The summed E-state index contributed by atoms with van der Waals surface area (Å²) in [5.41, 5.74) is 1.62. The maximum atomic E-state index is 11.5. The number of amides is 1. The summed E-state index contributed by atoms with van der Waals surface area (Å²) in [6, 6.07) is 1.83. The van der Waals surface area contributed by atoms with Crippen molar-refractivity contribution in [1.29, 1.82) is 0 Å². The topological polar surface area (TPSA) is 38.1 Å². The largest absolute Gasteiger partial charge is 0.339 e. The molecule has 0 N–H and O–H groups in total. The van der Waals surface area contributed by atoms with Crippen molar-refractivity contribution in [2.45, 2.75) is 48.1 Å². The molecular weight excluding hydrogens is 226 g/mol. The Morgan fingerprint density at radius 2 is 1.72 bits per heavy atom. The first-order valence-corrected chi connectivity index (χ1v) is 6.71. The van der Waals surface area contributed by atoms with Crippen molar-refractivity contribution >= 4 is 5.91 Å². The number of hydrogen-bond donors (Lipinski definition) is 0. The molecule has 1 aromatic rings. The molecule has 4 nitrogen and oxygen atoms in total. The van der Waals surface area contributed by atoms with Gasteiger partial charge in [0.05, 0.1) is 12.2 Å². The molecule has 18 heavy (non-hydrogen) atoms. The van der Waals surface area contributed by atoms with Crippen LogP contribution >= 0.6 is 0 Å². The normalized spacial score (nSPS) is 13.3. The van der Waals surface area contributed by atoms with E-state index in [1.165, 1.54) is 0 Å². The first kappa shape index (κ1) is 16.7. The molecule has 2 rings (SSSR count). The fourth-order valence-electron chi connectivity index (χ4n) is 1.43. The van der Waals surface area contributed by atoms with Gasteiger partial charge in [-0.2, -0.15) is 5.10 Å². The van der Waals surface area contributed by atoms with Crippen molar-refractivity contribution in [3.63, 3.8) is 0 Å². The molecule has 0 aliphatic carbocycles. The van der Waals surface area contributed by atoms with E-state index in [4.69, 9.17) is 0 Å². The van der Waals surface area contributed by atoms with Gasteiger partial charge in [0.15, 0.2) is 0 Å². The molecule has 0 saturated carbocycles. The van der Waals surface area contributed by atoms with Crippen molar-refractivity contribution in [1.82, 2.24) is 14.7 Å². The third-order valence-corrected chi connectivity index (χ3v) is 2.12. The van der Waals surface area contributed by atoms with Crippen LogP contribution in [0.1, 0.15) is 50.8 Å². The average Bonchev–Trinajstić information content (AvgIpc) is 2.68. The van der Waals surface area contributed by atoms with Crippen LogP contribution < -0.4 is 0 Å². The lowest BCUT2D eigenvalue weighted by Gasteiger charge is -2.22. The second-order valence-electron chi connectivity index (χ2n) is 4.85. The van der Waals surface area contributed by atoms with E-state index < -0.39 is 0 Å². The van der Waals surface area contributed by atoms with Crippen LogP contribution in [0, 0.1) is 12.8 Å².